The maximum atomic E-state index is 11.2. The van der Waals surface area contributed by atoms with Gasteiger partial charge >= 0.3 is 5.97 Å². The minimum atomic E-state index is -0.796. The van der Waals surface area contributed by atoms with Gasteiger partial charge < -0.3 is 14.9 Å². The predicted octanol–water partition coefficient (Wildman–Crippen LogP) is -1.76. The maximum Gasteiger partial charge on any atom is 0.323 e. The summed E-state index contributed by atoms with van der Waals surface area (Å²) in [6.07, 6.45) is -0.900. The average molecular weight is 187 g/mol. The summed E-state index contributed by atoms with van der Waals surface area (Å²) in [5.41, 5.74) is 0. The summed E-state index contributed by atoms with van der Waals surface area (Å²) in [6, 6.07) is -0.613. The van der Waals surface area contributed by atoms with Gasteiger partial charge in [-0.3, -0.25) is 10.1 Å². The third-order valence-electron chi connectivity index (χ3n) is 3.00. The number of ether oxygens (including phenoxy) is 1. The predicted molar refractivity (Wildman–Crippen MR) is 42.8 cm³/mol. The number of rotatable bonds is 1. The molecule has 1 saturated heterocycles. The molecule has 5 unspecified atom stereocenters. The number of aliphatic hydroxyl groups excluding tert-OH is 2. The van der Waals surface area contributed by atoms with Gasteiger partial charge in [0.05, 0.1) is 19.3 Å². The molecule has 5 heteroatoms. The average Bonchev–Trinajstić information content (AvgIpc) is 2.67. The van der Waals surface area contributed by atoms with Crippen molar-refractivity contribution in [2.24, 2.45) is 5.92 Å². The molecule has 2 rings (SSSR count). The van der Waals surface area contributed by atoms with Crippen LogP contribution in [0, 0.1) is 5.92 Å². The van der Waals surface area contributed by atoms with E-state index in [1.807, 2.05) is 0 Å². The Morgan fingerprint density at radius 1 is 1.46 bits per heavy atom. The summed E-state index contributed by atoms with van der Waals surface area (Å²) in [7, 11) is 1.32. The minimum absolute atomic E-state index is 0.163. The van der Waals surface area contributed by atoms with Gasteiger partial charge in [0.1, 0.15) is 6.04 Å². The Hall–Kier alpha value is -0.650. The number of aliphatic hydroxyl groups is 2. The van der Waals surface area contributed by atoms with E-state index in [4.69, 9.17) is 0 Å². The Balaban J connectivity index is 2.10. The van der Waals surface area contributed by atoms with Gasteiger partial charge in [-0.2, -0.15) is 0 Å². The molecule has 0 aromatic carbocycles. The zero-order chi connectivity index (χ0) is 9.59. The summed E-state index contributed by atoms with van der Waals surface area (Å²) in [6.45, 7) is 0. The lowest BCUT2D eigenvalue weighted by molar-refractivity contribution is -0.147. The molecule has 5 nitrogen and oxygen atoms in total. The molecule has 2 fully saturated rings. The van der Waals surface area contributed by atoms with Crippen LogP contribution >= 0.6 is 0 Å². The molecule has 0 spiro atoms. The van der Waals surface area contributed by atoms with Crippen molar-refractivity contribution in [2.45, 2.75) is 30.7 Å². The second-order valence-electron chi connectivity index (χ2n) is 3.65. The topological polar surface area (TPSA) is 78.8 Å². The van der Waals surface area contributed by atoms with Gasteiger partial charge in [-0.15, -0.1) is 0 Å². The van der Waals surface area contributed by atoms with Gasteiger partial charge in [0.2, 0.25) is 0 Å². The molecular weight excluding hydrogens is 174 g/mol. The molecule has 0 aromatic heterocycles. The Kier molecular flexibility index (Phi) is 2.02. The van der Waals surface area contributed by atoms with Crippen molar-refractivity contribution in [1.29, 1.82) is 0 Å². The van der Waals surface area contributed by atoms with Crippen LogP contribution in [0.4, 0.5) is 0 Å². The summed E-state index contributed by atoms with van der Waals surface area (Å²) in [5.74, 6) is -0.564. The Morgan fingerprint density at radius 3 is 2.62 bits per heavy atom. The van der Waals surface area contributed by atoms with Crippen LogP contribution in [0.1, 0.15) is 6.42 Å². The summed E-state index contributed by atoms with van der Waals surface area (Å²) in [5, 5.41) is 21.8. The van der Waals surface area contributed by atoms with Crippen LogP contribution in [0.5, 0.6) is 0 Å². The molecule has 1 aliphatic heterocycles. The van der Waals surface area contributed by atoms with Gasteiger partial charge in [-0.05, 0) is 6.42 Å². The maximum absolute atomic E-state index is 11.2. The summed E-state index contributed by atoms with van der Waals surface area (Å²) in [4.78, 5) is 11.2. The first kappa shape index (κ1) is 8.93. The van der Waals surface area contributed by atoms with Crippen molar-refractivity contribution in [2.75, 3.05) is 7.11 Å². The third-order valence-corrected chi connectivity index (χ3v) is 3.00. The van der Waals surface area contributed by atoms with E-state index in [0.717, 1.165) is 0 Å². The lowest BCUT2D eigenvalue weighted by Crippen LogP contribution is -2.54. The molecule has 13 heavy (non-hydrogen) atoms. The first-order valence-corrected chi connectivity index (χ1v) is 4.35. The second kappa shape index (κ2) is 2.94. The first-order valence-electron chi connectivity index (χ1n) is 4.35. The smallest absolute Gasteiger partial charge is 0.323 e. The number of carbonyl (C=O) groups excluding carboxylic acids is 1. The molecule has 0 aromatic rings. The fraction of sp³-hybridized carbons (Fsp3) is 0.875. The van der Waals surface area contributed by atoms with Gasteiger partial charge in [-0.25, -0.2) is 0 Å². The quantitative estimate of drug-likeness (QED) is 0.424. The van der Waals surface area contributed by atoms with Crippen LogP contribution in [-0.4, -0.2) is 47.6 Å². The summed E-state index contributed by atoms with van der Waals surface area (Å²) >= 11 is 0. The van der Waals surface area contributed by atoms with E-state index in [1.54, 1.807) is 0 Å². The summed E-state index contributed by atoms with van der Waals surface area (Å²) < 4.78 is 4.58. The standard InChI is InChI=1S/C8H13NO4/c1-13-8(12)5-3-2-4(9-5)7(11)6(3)10/h3-7,9-11H,2H2,1H3. The molecule has 74 valence electrons. The number of hydrogen-bond acceptors (Lipinski definition) is 5. The number of fused-ring (bicyclic) bond motifs is 2. The minimum Gasteiger partial charge on any atom is -0.468 e. The van der Waals surface area contributed by atoms with Crippen LogP contribution in [0.2, 0.25) is 0 Å². The number of piperidine rings is 1. The van der Waals surface area contributed by atoms with E-state index >= 15 is 0 Å². The molecule has 5 atom stereocenters. The van der Waals surface area contributed by atoms with Crippen molar-refractivity contribution >= 4 is 5.97 Å². The number of methoxy groups -OCH3 is 1. The molecule has 2 bridgehead atoms. The van der Waals surface area contributed by atoms with Crippen molar-refractivity contribution in [3.63, 3.8) is 0 Å². The van der Waals surface area contributed by atoms with Gasteiger partial charge in [-0.1, -0.05) is 0 Å². The van der Waals surface area contributed by atoms with Crippen molar-refractivity contribution in [3.05, 3.63) is 0 Å². The van der Waals surface area contributed by atoms with Crippen molar-refractivity contribution in [1.82, 2.24) is 5.32 Å². The Morgan fingerprint density at radius 2 is 2.15 bits per heavy atom. The van der Waals surface area contributed by atoms with Gasteiger partial charge in [0.25, 0.3) is 0 Å². The van der Waals surface area contributed by atoms with Crippen LogP contribution in [-0.2, 0) is 9.53 Å². The van der Waals surface area contributed by atoms with Crippen LogP contribution in [0.3, 0.4) is 0 Å². The molecule has 1 aliphatic carbocycles. The van der Waals surface area contributed by atoms with E-state index in [2.05, 4.69) is 10.1 Å². The Bertz CT molecular complexity index is 230. The van der Waals surface area contributed by atoms with E-state index in [0.29, 0.717) is 6.42 Å². The molecule has 3 N–H and O–H groups in total. The monoisotopic (exact) mass is 187 g/mol. The van der Waals surface area contributed by atoms with Gasteiger partial charge in [0.15, 0.2) is 0 Å². The van der Waals surface area contributed by atoms with Crippen LogP contribution in [0.15, 0.2) is 0 Å². The highest BCUT2D eigenvalue weighted by atomic mass is 16.5. The number of nitrogens with one attached hydrogen (secondary N) is 1. The normalized spacial score (nSPS) is 48.1. The highest BCUT2D eigenvalue weighted by Crippen LogP contribution is 2.36. The molecule has 0 amide bonds. The number of esters is 1. The fourth-order valence-corrected chi connectivity index (χ4v) is 2.29. The van der Waals surface area contributed by atoms with E-state index in [9.17, 15) is 15.0 Å². The molecule has 1 heterocycles. The second-order valence-corrected chi connectivity index (χ2v) is 3.65. The molecule has 0 radical (unpaired) electrons. The zero-order valence-electron chi connectivity index (χ0n) is 7.30. The highest BCUT2D eigenvalue weighted by Gasteiger charge is 2.54. The van der Waals surface area contributed by atoms with Crippen molar-refractivity contribution < 1.29 is 19.7 Å². The molecule has 1 saturated carbocycles. The van der Waals surface area contributed by atoms with Crippen LogP contribution < -0.4 is 5.32 Å². The largest absolute Gasteiger partial charge is 0.468 e. The Labute approximate surface area is 75.7 Å². The lowest BCUT2D eigenvalue weighted by Gasteiger charge is -2.28. The fourth-order valence-electron chi connectivity index (χ4n) is 2.29. The van der Waals surface area contributed by atoms with E-state index in [-0.39, 0.29) is 17.9 Å². The number of hydrogen-bond donors (Lipinski definition) is 3. The highest BCUT2D eigenvalue weighted by molar-refractivity contribution is 5.77. The molecular formula is C8H13NO4. The van der Waals surface area contributed by atoms with Crippen molar-refractivity contribution in [3.8, 4) is 0 Å². The SMILES string of the molecule is COC(=O)C1NC2CC1C(O)C2O. The number of carbonyl (C=O) groups is 1. The zero-order valence-corrected chi connectivity index (χ0v) is 7.30. The first-order chi connectivity index (χ1) is 6.15. The van der Waals surface area contributed by atoms with Gasteiger partial charge in [0, 0.05) is 12.0 Å². The third kappa shape index (κ3) is 1.15. The lowest BCUT2D eigenvalue weighted by atomic mass is 9.96. The van der Waals surface area contributed by atoms with E-state index in [1.165, 1.54) is 7.11 Å². The molecule has 2 aliphatic rings. The van der Waals surface area contributed by atoms with E-state index < -0.39 is 18.2 Å². The van der Waals surface area contributed by atoms with Crippen LogP contribution in [0.25, 0.3) is 0 Å².